The lowest BCUT2D eigenvalue weighted by Gasteiger charge is -2.13. The van der Waals surface area contributed by atoms with Crippen molar-refractivity contribution in [3.8, 4) is 0 Å². The molecule has 0 unspecified atom stereocenters. The smallest absolute Gasteiger partial charge is 0.0716 e. The van der Waals surface area contributed by atoms with Crippen LogP contribution in [-0.4, -0.2) is 12.9 Å². The van der Waals surface area contributed by atoms with E-state index in [0.717, 1.165) is 18.0 Å². The summed E-state index contributed by atoms with van der Waals surface area (Å²) in [5.41, 5.74) is 3.66. The molecule has 2 rings (SSSR count). The molecule has 0 fully saturated rings. The number of rotatable bonds is 8. The molecule has 0 saturated heterocycles. The highest BCUT2D eigenvalue weighted by Gasteiger charge is 2.04. The van der Waals surface area contributed by atoms with E-state index in [1.165, 1.54) is 16.0 Å². The van der Waals surface area contributed by atoms with Crippen molar-refractivity contribution in [2.45, 2.75) is 18.0 Å². The number of methoxy groups -OCH3 is 1. The van der Waals surface area contributed by atoms with E-state index >= 15 is 0 Å². The molecule has 0 amide bonds. The van der Waals surface area contributed by atoms with E-state index < -0.39 is 0 Å². The van der Waals surface area contributed by atoms with E-state index in [1.54, 1.807) is 18.9 Å². The standard InChI is InChI=1S/C18H21NOS/c1-3-12-21-18-11-7-6-10-17(18)19-13-15-8-4-5-9-16(15)14-20-2/h3-11,19H,1,12-14H2,2H3. The van der Waals surface area contributed by atoms with E-state index in [4.69, 9.17) is 4.74 Å². The summed E-state index contributed by atoms with van der Waals surface area (Å²) < 4.78 is 5.25. The van der Waals surface area contributed by atoms with Gasteiger partial charge in [-0.25, -0.2) is 0 Å². The predicted octanol–water partition coefficient (Wildman–Crippen LogP) is 4.72. The molecule has 0 saturated carbocycles. The Balaban J connectivity index is 2.08. The highest BCUT2D eigenvalue weighted by atomic mass is 32.2. The second kappa shape index (κ2) is 8.55. The van der Waals surface area contributed by atoms with Gasteiger partial charge in [0.25, 0.3) is 0 Å². The van der Waals surface area contributed by atoms with Crippen molar-refractivity contribution < 1.29 is 4.74 Å². The summed E-state index contributed by atoms with van der Waals surface area (Å²) in [4.78, 5) is 1.25. The Hall–Kier alpha value is -1.71. The molecule has 0 heterocycles. The number of ether oxygens (including phenoxy) is 1. The Morgan fingerprint density at radius 1 is 1.10 bits per heavy atom. The molecule has 2 aromatic carbocycles. The maximum absolute atomic E-state index is 5.25. The van der Waals surface area contributed by atoms with Gasteiger partial charge >= 0.3 is 0 Å². The zero-order valence-electron chi connectivity index (χ0n) is 12.3. The summed E-state index contributed by atoms with van der Waals surface area (Å²) in [7, 11) is 1.73. The van der Waals surface area contributed by atoms with Crippen LogP contribution in [0.2, 0.25) is 0 Å². The monoisotopic (exact) mass is 299 g/mol. The van der Waals surface area contributed by atoms with E-state index in [9.17, 15) is 0 Å². The Morgan fingerprint density at radius 3 is 2.57 bits per heavy atom. The average Bonchev–Trinajstić information content (AvgIpc) is 2.53. The molecular formula is C18H21NOS. The Kier molecular flexibility index (Phi) is 6.38. The van der Waals surface area contributed by atoms with E-state index in [1.807, 2.05) is 12.1 Å². The van der Waals surface area contributed by atoms with Crippen molar-refractivity contribution in [2.24, 2.45) is 0 Å². The summed E-state index contributed by atoms with van der Waals surface area (Å²) in [6.45, 7) is 5.22. The summed E-state index contributed by atoms with van der Waals surface area (Å²) in [5.74, 6) is 0.916. The molecule has 0 bridgehead atoms. The number of hydrogen-bond acceptors (Lipinski definition) is 3. The van der Waals surface area contributed by atoms with Crippen LogP contribution >= 0.6 is 11.8 Å². The van der Waals surface area contributed by atoms with Crippen LogP contribution in [0.15, 0.2) is 66.1 Å². The summed E-state index contributed by atoms with van der Waals surface area (Å²) >= 11 is 1.79. The van der Waals surface area contributed by atoms with E-state index in [-0.39, 0.29) is 0 Å². The summed E-state index contributed by atoms with van der Waals surface area (Å²) in [6.07, 6.45) is 1.93. The number of hydrogen-bond donors (Lipinski definition) is 1. The third-order valence-corrected chi connectivity index (χ3v) is 4.20. The van der Waals surface area contributed by atoms with Gasteiger partial charge < -0.3 is 10.1 Å². The molecule has 0 radical (unpaired) electrons. The van der Waals surface area contributed by atoms with Gasteiger partial charge in [0.2, 0.25) is 0 Å². The van der Waals surface area contributed by atoms with Gasteiger partial charge in [0.15, 0.2) is 0 Å². The lowest BCUT2D eigenvalue weighted by molar-refractivity contribution is 0.184. The molecule has 110 valence electrons. The molecule has 0 spiro atoms. The minimum absolute atomic E-state index is 0.644. The molecule has 2 aromatic rings. The highest BCUT2D eigenvalue weighted by molar-refractivity contribution is 7.99. The van der Waals surface area contributed by atoms with Gasteiger partial charge in [-0.15, -0.1) is 18.3 Å². The maximum atomic E-state index is 5.25. The minimum Gasteiger partial charge on any atom is -0.380 e. The molecule has 0 aliphatic heterocycles. The van der Waals surface area contributed by atoms with Crippen LogP contribution in [0.25, 0.3) is 0 Å². The number of thioether (sulfide) groups is 1. The van der Waals surface area contributed by atoms with Crippen LogP contribution < -0.4 is 5.32 Å². The third kappa shape index (κ3) is 4.66. The van der Waals surface area contributed by atoms with E-state index in [2.05, 4.69) is 54.4 Å². The van der Waals surface area contributed by atoms with Crippen molar-refractivity contribution in [3.05, 3.63) is 72.3 Å². The zero-order valence-corrected chi connectivity index (χ0v) is 13.2. The Bertz CT molecular complexity index is 583. The number of benzene rings is 2. The van der Waals surface area contributed by atoms with Gasteiger partial charge in [0, 0.05) is 30.0 Å². The van der Waals surface area contributed by atoms with E-state index in [0.29, 0.717) is 6.61 Å². The fourth-order valence-corrected chi connectivity index (χ4v) is 2.87. The number of nitrogens with one attached hydrogen (secondary N) is 1. The van der Waals surface area contributed by atoms with Crippen LogP contribution in [0.3, 0.4) is 0 Å². The minimum atomic E-state index is 0.644. The summed E-state index contributed by atoms with van der Waals surface area (Å²) in [6, 6.07) is 16.7. The van der Waals surface area contributed by atoms with Gasteiger partial charge in [0.05, 0.1) is 6.61 Å². The molecule has 0 aliphatic rings. The third-order valence-electron chi connectivity index (χ3n) is 3.13. The first kappa shape index (κ1) is 15.7. The van der Waals surface area contributed by atoms with Gasteiger partial charge in [-0.1, -0.05) is 42.5 Å². The number of anilines is 1. The quantitative estimate of drug-likeness (QED) is 0.563. The molecule has 3 heteroatoms. The Labute approximate surface area is 131 Å². The van der Waals surface area contributed by atoms with Crippen LogP contribution in [0.1, 0.15) is 11.1 Å². The fraction of sp³-hybridized carbons (Fsp3) is 0.222. The molecule has 2 nitrogen and oxygen atoms in total. The van der Waals surface area contributed by atoms with Crippen LogP contribution in [0.4, 0.5) is 5.69 Å². The Morgan fingerprint density at radius 2 is 1.81 bits per heavy atom. The first-order valence-corrected chi connectivity index (χ1v) is 7.96. The van der Waals surface area contributed by atoms with Crippen LogP contribution in [0, 0.1) is 0 Å². The van der Waals surface area contributed by atoms with Crippen molar-refractivity contribution in [1.29, 1.82) is 0 Å². The van der Waals surface area contributed by atoms with Crippen molar-refractivity contribution in [2.75, 3.05) is 18.2 Å². The topological polar surface area (TPSA) is 21.3 Å². The lowest BCUT2D eigenvalue weighted by Crippen LogP contribution is -2.04. The van der Waals surface area contributed by atoms with Gasteiger partial charge in [-0.3, -0.25) is 0 Å². The zero-order chi connectivity index (χ0) is 14.9. The van der Waals surface area contributed by atoms with Crippen LogP contribution in [0.5, 0.6) is 0 Å². The fourth-order valence-electron chi connectivity index (χ4n) is 2.10. The molecule has 0 aromatic heterocycles. The molecule has 0 aliphatic carbocycles. The largest absolute Gasteiger partial charge is 0.380 e. The first-order valence-electron chi connectivity index (χ1n) is 6.97. The normalized spacial score (nSPS) is 10.3. The first-order chi connectivity index (χ1) is 10.3. The maximum Gasteiger partial charge on any atom is 0.0716 e. The van der Waals surface area contributed by atoms with Crippen LogP contribution in [-0.2, 0) is 17.9 Å². The molecule has 21 heavy (non-hydrogen) atoms. The SMILES string of the molecule is C=CCSc1ccccc1NCc1ccccc1COC. The van der Waals surface area contributed by atoms with Gasteiger partial charge in [-0.2, -0.15) is 0 Å². The second-order valence-electron chi connectivity index (χ2n) is 4.65. The molecule has 0 atom stereocenters. The van der Waals surface area contributed by atoms with Crippen molar-refractivity contribution in [3.63, 3.8) is 0 Å². The van der Waals surface area contributed by atoms with Gasteiger partial charge in [0.1, 0.15) is 0 Å². The highest BCUT2D eigenvalue weighted by Crippen LogP contribution is 2.27. The molecular weight excluding hydrogens is 278 g/mol. The predicted molar refractivity (Wildman–Crippen MR) is 91.8 cm³/mol. The van der Waals surface area contributed by atoms with Crippen molar-refractivity contribution in [1.82, 2.24) is 0 Å². The summed E-state index contributed by atoms with van der Waals surface area (Å²) in [5, 5.41) is 3.53. The molecule has 1 N–H and O–H groups in total. The number of para-hydroxylation sites is 1. The average molecular weight is 299 g/mol. The lowest BCUT2D eigenvalue weighted by atomic mass is 10.1. The van der Waals surface area contributed by atoms with Gasteiger partial charge in [-0.05, 0) is 23.3 Å². The van der Waals surface area contributed by atoms with Crippen molar-refractivity contribution >= 4 is 17.4 Å². The second-order valence-corrected chi connectivity index (χ2v) is 5.71.